The Bertz CT molecular complexity index is 1040. The van der Waals surface area contributed by atoms with Crippen molar-refractivity contribution in [2.75, 3.05) is 6.54 Å². The second-order valence-corrected chi connectivity index (χ2v) is 8.51. The molecule has 4 nitrogen and oxygen atoms in total. The van der Waals surface area contributed by atoms with Crippen molar-refractivity contribution in [1.82, 2.24) is 10.0 Å². The number of fused-ring (bicyclic) bond motifs is 2. The molecule has 0 spiro atoms. The summed E-state index contributed by atoms with van der Waals surface area (Å²) < 4.78 is 27.7. The van der Waals surface area contributed by atoms with Crippen LogP contribution in [0.3, 0.4) is 0 Å². The molecule has 2 atom stereocenters. The molecule has 0 fully saturated rings. The van der Waals surface area contributed by atoms with Crippen molar-refractivity contribution in [2.24, 2.45) is 0 Å². The van der Waals surface area contributed by atoms with E-state index >= 15 is 0 Å². The summed E-state index contributed by atoms with van der Waals surface area (Å²) in [6.45, 7) is 2.70. The van der Waals surface area contributed by atoms with Gasteiger partial charge in [0.25, 0.3) is 0 Å². The number of hydrogen-bond acceptors (Lipinski definition) is 3. The van der Waals surface area contributed by atoms with E-state index in [1.54, 1.807) is 12.1 Å². The van der Waals surface area contributed by atoms with E-state index in [0.717, 1.165) is 5.56 Å². The lowest BCUT2D eigenvalue weighted by atomic mass is 9.99. The number of hydrogen-bond donors (Lipinski definition) is 2. The Morgan fingerprint density at radius 1 is 1.04 bits per heavy atom. The highest BCUT2D eigenvalue weighted by atomic mass is 32.2. The molecule has 0 bridgehead atoms. The molecule has 3 aromatic carbocycles. The zero-order chi connectivity index (χ0) is 18.1. The van der Waals surface area contributed by atoms with E-state index in [2.05, 4.69) is 47.3 Å². The van der Waals surface area contributed by atoms with Gasteiger partial charge in [0.05, 0.1) is 4.90 Å². The monoisotopic (exact) mass is 366 g/mol. The Morgan fingerprint density at radius 2 is 1.77 bits per heavy atom. The van der Waals surface area contributed by atoms with Crippen molar-refractivity contribution in [1.29, 1.82) is 0 Å². The lowest BCUT2D eigenvalue weighted by Crippen LogP contribution is -2.47. The molecular formula is C21H22N2O2S. The SMILES string of the molecule is C[C@@H](NCC1Cc2ccccc2S(=O)(=O)N1)c1cccc2ccccc12. The molecule has 4 rings (SSSR count). The maximum Gasteiger partial charge on any atom is 0.241 e. The zero-order valence-electron chi connectivity index (χ0n) is 14.6. The van der Waals surface area contributed by atoms with Crippen molar-refractivity contribution in [3.8, 4) is 0 Å². The third-order valence-electron chi connectivity index (χ3n) is 5.01. The molecule has 1 heterocycles. The summed E-state index contributed by atoms with van der Waals surface area (Å²) in [7, 11) is -3.43. The topological polar surface area (TPSA) is 58.2 Å². The number of benzene rings is 3. The third kappa shape index (κ3) is 3.26. The maximum absolute atomic E-state index is 12.4. The average molecular weight is 366 g/mol. The quantitative estimate of drug-likeness (QED) is 0.744. The van der Waals surface area contributed by atoms with Gasteiger partial charge in [-0.25, -0.2) is 13.1 Å². The third-order valence-corrected chi connectivity index (χ3v) is 6.63. The minimum atomic E-state index is -3.43. The van der Waals surface area contributed by atoms with Gasteiger partial charge in [0.2, 0.25) is 10.0 Å². The number of nitrogens with one attached hydrogen (secondary N) is 2. The molecule has 0 aliphatic carbocycles. The van der Waals surface area contributed by atoms with Crippen LogP contribution in [0.2, 0.25) is 0 Å². The fourth-order valence-electron chi connectivity index (χ4n) is 3.70. The molecule has 1 aliphatic rings. The molecule has 0 saturated carbocycles. The van der Waals surface area contributed by atoms with Gasteiger partial charge in [0.15, 0.2) is 0 Å². The normalized spacial score (nSPS) is 19.8. The van der Waals surface area contributed by atoms with Gasteiger partial charge >= 0.3 is 0 Å². The molecule has 1 unspecified atom stereocenters. The molecule has 1 aliphatic heterocycles. The van der Waals surface area contributed by atoms with Gasteiger partial charge in [-0.3, -0.25) is 0 Å². The lowest BCUT2D eigenvalue weighted by molar-refractivity contribution is 0.470. The number of sulfonamides is 1. The fourth-order valence-corrected chi connectivity index (χ4v) is 5.18. The second kappa shape index (κ2) is 6.83. The largest absolute Gasteiger partial charge is 0.309 e. The summed E-state index contributed by atoms with van der Waals surface area (Å²) in [5.74, 6) is 0. The van der Waals surface area contributed by atoms with Crippen LogP contribution in [-0.2, 0) is 16.4 Å². The van der Waals surface area contributed by atoms with Crippen LogP contribution in [0.15, 0.2) is 71.6 Å². The lowest BCUT2D eigenvalue weighted by Gasteiger charge is -2.27. The summed E-state index contributed by atoms with van der Waals surface area (Å²) in [6.07, 6.45) is 0.699. The highest BCUT2D eigenvalue weighted by Crippen LogP contribution is 2.25. The van der Waals surface area contributed by atoms with Crippen LogP contribution in [0.4, 0.5) is 0 Å². The molecule has 0 aromatic heterocycles. The van der Waals surface area contributed by atoms with E-state index in [4.69, 9.17) is 0 Å². The Morgan fingerprint density at radius 3 is 2.65 bits per heavy atom. The minimum absolute atomic E-state index is 0.128. The second-order valence-electron chi connectivity index (χ2n) is 6.83. The van der Waals surface area contributed by atoms with Crippen molar-refractivity contribution >= 4 is 20.8 Å². The molecule has 134 valence electrons. The molecule has 3 aromatic rings. The highest BCUT2D eigenvalue weighted by molar-refractivity contribution is 7.89. The maximum atomic E-state index is 12.4. The minimum Gasteiger partial charge on any atom is -0.309 e. The van der Waals surface area contributed by atoms with E-state index < -0.39 is 10.0 Å². The van der Waals surface area contributed by atoms with E-state index in [-0.39, 0.29) is 12.1 Å². The van der Waals surface area contributed by atoms with Crippen LogP contribution < -0.4 is 10.0 Å². The molecule has 0 amide bonds. The first-order chi connectivity index (χ1) is 12.5. The summed E-state index contributed by atoms with van der Waals surface area (Å²) in [6, 6.07) is 21.8. The average Bonchev–Trinajstić information content (AvgIpc) is 2.65. The Kier molecular flexibility index (Phi) is 4.53. The molecule has 2 N–H and O–H groups in total. The van der Waals surface area contributed by atoms with Crippen LogP contribution >= 0.6 is 0 Å². The smallest absolute Gasteiger partial charge is 0.241 e. The zero-order valence-corrected chi connectivity index (χ0v) is 15.5. The molecule has 0 saturated heterocycles. The van der Waals surface area contributed by atoms with E-state index in [1.165, 1.54) is 16.3 Å². The van der Waals surface area contributed by atoms with Crippen LogP contribution in [0.25, 0.3) is 10.8 Å². The first-order valence-electron chi connectivity index (χ1n) is 8.86. The van der Waals surface area contributed by atoms with Gasteiger partial charge < -0.3 is 5.32 Å². The summed E-state index contributed by atoms with van der Waals surface area (Å²) >= 11 is 0. The molecule has 5 heteroatoms. The first-order valence-corrected chi connectivity index (χ1v) is 10.3. The van der Waals surface area contributed by atoms with E-state index in [0.29, 0.717) is 17.9 Å². The Hall–Kier alpha value is -2.21. The van der Waals surface area contributed by atoms with Crippen molar-refractivity contribution in [3.05, 3.63) is 77.9 Å². The van der Waals surface area contributed by atoms with Crippen LogP contribution in [-0.4, -0.2) is 21.0 Å². The van der Waals surface area contributed by atoms with Crippen molar-refractivity contribution in [3.63, 3.8) is 0 Å². The van der Waals surface area contributed by atoms with Gasteiger partial charge in [0.1, 0.15) is 0 Å². The standard InChI is InChI=1S/C21H22N2O2S/c1-15(19-11-6-9-16-7-2-4-10-20(16)19)22-14-18-13-17-8-3-5-12-21(17)26(24,25)23-18/h2-12,15,18,22-23H,13-14H2,1H3/t15-,18?/m1/s1. The molecule has 26 heavy (non-hydrogen) atoms. The van der Waals surface area contributed by atoms with Crippen molar-refractivity contribution in [2.45, 2.75) is 30.3 Å². The van der Waals surface area contributed by atoms with Gasteiger partial charge in [0, 0.05) is 18.6 Å². The van der Waals surface area contributed by atoms with Crippen molar-refractivity contribution < 1.29 is 8.42 Å². The predicted molar refractivity (Wildman–Crippen MR) is 105 cm³/mol. The van der Waals surface area contributed by atoms with Crippen LogP contribution in [0, 0.1) is 0 Å². The predicted octanol–water partition coefficient (Wildman–Crippen LogP) is 3.39. The summed E-state index contributed by atoms with van der Waals surface area (Å²) in [4.78, 5) is 0.401. The van der Waals surface area contributed by atoms with Gasteiger partial charge in [-0.05, 0) is 41.3 Å². The highest BCUT2D eigenvalue weighted by Gasteiger charge is 2.29. The Labute approximate surface area is 154 Å². The molecular weight excluding hydrogens is 344 g/mol. The van der Waals surface area contributed by atoms with Crippen LogP contribution in [0.1, 0.15) is 24.1 Å². The van der Waals surface area contributed by atoms with E-state index in [1.807, 2.05) is 24.3 Å². The fraction of sp³-hybridized carbons (Fsp3) is 0.238. The Balaban J connectivity index is 1.51. The first kappa shape index (κ1) is 17.2. The van der Waals surface area contributed by atoms with E-state index in [9.17, 15) is 8.42 Å². The summed E-state index contributed by atoms with van der Waals surface area (Å²) in [5, 5.41) is 5.94. The van der Waals surface area contributed by atoms with Crippen LogP contribution in [0.5, 0.6) is 0 Å². The van der Waals surface area contributed by atoms with Gasteiger partial charge in [-0.2, -0.15) is 0 Å². The number of rotatable bonds is 4. The van der Waals surface area contributed by atoms with Gasteiger partial charge in [-0.15, -0.1) is 0 Å². The molecule has 0 radical (unpaired) electrons. The summed E-state index contributed by atoms with van der Waals surface area (Å²) in [5.41, 5.74) is 2.11. The van der Waals surface area contributed by atoms with Gasteiger partial charge in [-0.1, -0.05) is 60.7 Å².